The smallest absolute Gasteiger partial charge is 0.180 e. The van der Waals surface area contributed by atoms with Gasteiger partial charge in [0, 0.05) is 19.6 Å². The topological polar surface area (TPSA) is 42.3 Å². The van der Waals surface area contributed by atoms with Gasteiger partial charge in [-0.05, 0) is 12.3 Å². The summed E-state index contributed by atoms with van der Waals surface area (Å²) in [6, 6.07) is 0. The molecule has 1 aliphatic rings. The Hall–Kier alpha value is -0.570. The zero-order valence-corrected chi connectivity index (χ0v) is 6.22. The number of nitrogens with one attached hydrogen (secondary N) is 1. The molecule has 0 aliphatic carbocycles. The molecule has 0 amide bonds. The van der Waals surface area contributed by atoms with Crippen LogP contribution in [0, 0.1) is 11.3 Å². The van der Waals surface area contributed by atoms with E-state index in [0.29, 0.717) is 11.8 Å². The molecule has 0 unspecified atom stereocenters. The maximum absolute atomic E-state index is 7.22. The lowest BCUT2D eigenvalue weighted by Crippen LogP contribution is -2.08. The minimum absolute atomic E-state index is 0.371. The Morgan fingerprint density at radius 2 is 2.60 bits per heavy atom. The maximum atomic E-state index is 7.22. The number of hydrogen-bond donors (Lipinski definition) is 1. The summed E-state index contributed by atoms with van der Waals surface area (Å²) in [6.45, 7) is 1.65. The van der Waals surface area contributed by atoms with E-state index in [2.05, 4.69) is 0 Å². The van der Waals surface area contributed by atoms with E-state index in [9.17, 15) is 0 Å². The first-order valence-electron chi connectivity index (χ1n) is 3.52. The van der Waals surface area contributed by atoms with Crippen LogP contribution in [0.3, 0.4) is 0 Å². The molecule has 0 saturated carbocycles. The summed E-state index contributed by atoms with van der Waals surface area (Å²) in [5.41, 5.74) is 0. The lowest BCUT2D eigenvalue weighted by Gasteiger charge is -2.06. The second-order valence-electron chi connectivity index (χ2n) is 2.56. The standard InChI is InChI=1S/C7H13NO2/c1-9-7(8)4-6-2-3-10-5-6/h6,8H,2-5H2,1H3/t6-/m1/s1. The van der Waals surface area contributed by atoms with Gasteiger partial charge in [-0.25, -0.2) is 0 Å². The molecule has 0 radical (unpaired) electrons. The van der Waals surface area contributed by atoms with Crippen molar-refractivity contribution in [2.45, 2.75) is 12.8 Å². The highest BCUT2D eigenvalue weighted by molar-refractivity contribution is 5.72. The van der Waals surface area contributed by atoms with E-state index in [1.165, 1.54) is 7.11 Å². The van der Waals surface area contributed by atoms with E-state index in [4.69, 9.17) is 14.9 Å². The fraction of sp³-hybridized carbons (Fsp3) is 0.857. The van der Waals surface area contributed by atoms with Crippen LogP contribution in [0.1, 0.15) is 12.8 Å². The van der Waals surface area contributed by atoms with Crippen molar-refractivity contribution in [2.24, 2.45) is 5.92 Å². The van der Waals surface area contributed by atoms with E-state index in [0.717, 1.165) is 26.1 Å². The van der Waals surface area contributed by atoms with Crippen LogP contribution in [-0.2, 0) is 9.47 Å². The quantitative estimate of drug-likeness (QED) is 0.463. The average molecular weight is 143 g/mol. The van der Waals surface area contributed by atoms with Crippen LogP contribution >= 0.6 is 0 Å². The molecule has 1 fully saturated rings. The Bertz CT molecular complexity index is 119. The molecular weight excluding hydrogens is 130 g/mol. The largest absolute Gasteiger partial charge is 0.484 e. The Balaban J connectivity index is 2.17. The van der Waals surface area contributed by atoms with Crippen molar-refractivity contribution >= 4 is 5.90 Å². The highest BCUT2D eigenvalue weighted by Gasteiger charge is 2.17. The number of ether oxygens (including phenoxy) is 2. The van der Waals surface area contributed by atoms with Crippen LogP contribution < -0.4 is 0 Å². The lowest BCUT2D eigenvalue weighted by molar-refractivity contribution is 0.185. The predicted molar refractivity (Wildman–Crippen MR) is 38.3 cm³/mol. The van der Waals surface area contributed by atoms with Crippen molar-refractivity contribution < 1.29 is 9.47 Å². The molecule has 10 heavy (non-hydrogen) atoms. The van der Waals surface area contributed by atoms with E-state index in [1.807, 2.05) is 0 Å². The van der Waals surface area contributed by atoms with Crippen LogP contribution in [-0.4, -0.2) is 26.2 Å². The van der Waals surface area contributed by atoms with Crippen LogP contribution in [0.2, 0.25) is 0 Å². The highest BCUT2D eigenvalue weighted by atomic mass is 16.5. The average Bonchev–Trinajstić information content (AvgIpc) is 2.40. The molecule has 1 N–H and O–H groups in total. The lowest BCUT2D eigenvalue weighted by atomic mass is 10.1. The van der Waals surface area contributed by atoms with Crippen molar-refractivity contribution in [3.8, 4) is 0 Å². The fourth-order valence-electron chi connectivity index (χ4n) is 1.09. The molecule has 0 spiro atoms. The van der Waals surface area contributed by atoms with Gasteiger partial charge in [0.25, 0.3) is 0 Å². The second-order valence-corrected chi connectivity index (χ2v) is 2.56. The number of methoxy groups -OCH3 is 1. The van der Waals surface area contributed by atoms with Crippen molar-refractivity contribution in [1.29, 1.82) is 5.41 Å². The minimum atomic E-state index is 0.371. The molecule has 1 atom stereocenters. The highest BCUT2D eigenvalue weighted by Crippen LogP contribution is 2.16. The van der Waals surface area contributed by atoms with Gasteiger partial charge in [-0.15, -0.1) is 0 Å². The van der Waals surface area contributed by atoms with Gasteiger partial charge in [-0.3, -0.25) is 5.41 Å². The molecule has 1 aliphatic heterocycles. The van der Waals surface area contributed by atoms with Crippen LogP contribution in [0.15, 0.2) is 0 Å². The first kappa shape index (κ1) is 7.54. The van der Waals surface area contributed by atoms with Crippen LogP contribution in [0.4, 0.5) is 0 Å². The number of hydrogen-bond acceptors (Lipinski definition) is 3. The normalized spacial score (nSPS) is 24.7. The summed E-state index contributed by atoms with van der Waals surface area (Å²) in [5, 5.41) is 7.22. The third kappa shape index (κ3) is 1.99. The van der Waals surface area contributed by atoms with E-state index in [-0.39, 0.29) is 0 Å². The Kier molecular flexibility index (Phi) is 2.68. The molecule has 3 heteroatoms. The Labute approximate surface area is 60.8 Å². The molecule has 0 aromatic rings. The molecule has 1 rings (SSSR count). The SMILES string of the molecule is COC(=N)C[C@H]1CCOC1. The predicted octanol–water partition coefficient (Wildman–Crippen LogP) is 1.04. The third-order valence-electron chi connectivity index (χ3n) is 1.74. The molecular formula is C7H13NO2. The van der Waals surface area contributed by atoms with Crippen molar-refractivity contribution in [3.63, 3.8) is 0 Å². The van der Waals surface area contributed by atoms with Gasteiger partial charge in [0.15, 0.2) is 5.90 Å². The van der Waals surface area contributed by atoms with Crippen LogP contribution in [0.25, 0.3) is 0 Å². The Morgan fingerprint density at radius 3 is 3.10 bits per heavy atom. The van der Waals surface area contributed by atoms with Gasteiger partial charge in [0.05, 0.1) is 7.11 Å². The molecule has 0 aromatic heterocycles. The van der Waals surface area contributed by atoms with Gasteiger partial charge in [-0.2, -0.15) is 0 Å². The molecule has 0 aromatic carbocycles. The summed E-state index contributed by atoms with van der Waals surface area (Å²) < 4.78 is 9.89. The van der Waals surface area contributed by atoms with Gasteiger partial charge in [-0.1, -0.05) is 0 Å². The van der Waals surface area contributed by atoms with Crippen molar-refractivity contribution in [1.82, 2.24) is 0 Å². The molecule has 1 saturated heterocycles. The molecule has 0 bridgehead atoms. The Morgan fingerprint density at radius 1 is 1.80 bits per heavy atom. The summed E-state index contributed by atoms with van der Waals surface area (Å²) >= 11 is 0. The summed E-state index contributed by atoms with van der Waals surface area (Å²) in [7, 11) is 1.54. The van der Waals surface area contributed by atoms with Crippen molar-refractivity contribution in [2.75, 3.05) is 20.3 Å². The van der Waals surface area contributed by atoms with E-state index < -0.39 is 0 Å². The van der Waals surface area contributed by atoms with Crippen molar-refractivity contribution in [3.05, 3.63) is 0 Å². The second kappa shape index (κ2) is 3.56. The first-order valence-corrected chi connectivity index (χ1v) is 3.52. The van der Waals surface area contributed by atoms with E-state index in [1.54, 1.807) is 0 Å². The monoisotopic (exact) mass is 143 g/mol. The summed E-state index contributed by atoms with van der Waals surface area (Å²) in [6.07, 6.45) is 1.81. The van der Waals surface area contributed by atoms with Crippen LogP contribution in [0.5, 0.6) is 0 Å². The number of rotatable bonds is 2. The van der Waals surface area contributed by atoms with E-state index >= 15 is 0 Å². The zero-order valence-electron chi connectivity index (χ0n) is 6.22. The van der Waals surface area contributed by atoms with Gasteiger partial charge >= 0.3 is 0 Å². The molecule has 1 heterocycles. The first-order chi connectivity index (χ1) is 4.83. The zero-order chi connectivity index (χ0) is 7.40. The van der Waals surface area contributed by atoms with Gasteiger partial charge < -0.3 is 9.47 Å². The fourth-order valence-corrected chi connectivity index (χ4v) is 1.09. The summed E-state index contributed by atoms with van der Waals surface area (Å²) in [4.78, 5) is 0. The maximum Gasteiger partial charge on any atom is 0.180 e. The van der Waals surface area contributed by atoms with Gasteiger partial charge in [0.1, 0.15) is 0 Å². The van der Waals surface area contributed by atoms with Gasteiger partial charge in [0.2, 0.25) is 0 Å². The summed E-state index contributed by atoms with van der Waals surface area (Å²) in [5.74, 6) is 0.892. The molecule has 3 nitrogen and oxygen atoms in total. The minimum Gasteiger partial charge on any atom is -0.484 e. The third-order valence-corrected chi connectivity index (χ3v) is 1.74. The molecule has 58 valence electrons.